The predicted octanol–water partition coefficient (Wildman–Crippen LogP) is 4.50. The fourth-order valence-electron chi connectivity index (χ4n) is 3.69. The molecule has 4 aromatic carbocycles. The number of carbonyl (C=O) groups excluding carboxylic acids is 2. The van der Waals surface area contributed by atoms with Crippen LogP contribution in [-0.2, 0) is 26.0 Å². The van der Waals surface area contributed by atoms with Crippen molar-refractivity contribution in [1.82, 2.24) is 5.32 Å². The molecule has 4 aromatic rings. The van der Waals surface area contributed by atoms with Crippen LogP contribution in [-0.4, -0.2) is 38.6 Å². The Kier molecular flexibility index (Phi) is 8.47. The Morgan fingerprint density at radius 1 is 0.846 bits per heavy atom. The molecule has 0 bridgehead atoms. The number of sulfonamides is 1. The van der Waals surface area contributed by atoms with E-state index in [1.54, 1.807) is 60.7 Å². The number of hydrogen-bond donors (Lipinski definition) is 3. The lowest BCUT2D eigenvalue weighted by Gasteiger charge is -2.17. The van der Waals surface area contributed by atoms with E-state index in [-0.39, 0.29) is 28.3 Å². The highest BCUT2D eigenvalue weighted by atomic mass is 32.2. The summed E-state index contributed by atoms with van der Waals surface area (Å²) in [6.07, 6.45) is 0.138. The Morgan fingerprint density at radius 3 is 2.15 bits per heavy atom. The van der Waals surface area contributed by atoms with Crippen molar-refractivity contribution < 1.29 is 32.6 Å². The summed E-state index contributed by atoms with van der Waals surface area (Å²) >= 11 is 0. The first-order valence-electron chi connectivity index (χ1n) is 11.9. The van der Waals surface area contributed by atoms with Gasteiger partial charge in [-0.1, -0.05) is 42.5 Å². The molecule has 10 heteroatoms. The molecule has 0 aliphatic rings. The first kappa shape index (κ1) is 27.2. The minimum atomic E-state index is -4.01. The van der Waals surface area contributed by atoms with Crippen molar-refractivity contribution in [2.24, 2.45) is 0 Å². The Bertz CT molecular complexity index is 1540. The molecule has 0 saturated heterocycles. The number of esters is 1. The minimum absolute atomic E-state index is 0.0674. The maximum absolute atomic E-state index is 13.1. The Morgan fingerprint density at radius 2 is 1.49 bits per heavy atom. The molecule has 1 atom stereocenters. The largest absolute Gasteiger partial charge is 0.508 e. The molecule has 3 N–H and O–H groups in total. The van der Waals surface area contributed by atoms with Crippen molar-refractivity contribution in [2.75, 3.05) is 11.8 Å². The van der Waals surface area contributed by atoms with Gasteiger partial charge in [-0.2, -0.15) is 0 Å². The zero-order valence-corrected chi connectivity index (χ0v) is 21.7. The van der Waals surface area contributed by atoms with Crippen LogP contribution in [0.25, 0.3) is 0 Å². The number of ether oxygens (including phenoxy) is 2. The molecule has 0 aliphatic carbocycles. The van der Waals surface area contributed by atoms with Gasteiger partial charge in [0.05, 0.1) is 17.7 Å². The van der Waals surface area contributed by atoms with E-state index in [1.807, 2.05) is 6.07 Å². The second-order valence-electron chi connectivity index (χ2n) is 8.46. The van der Waals surface area contributed by atoms with E-state index in [4.69, 9.17) is 9.47 Å². The van der Waals surface area contributed by atoms with Crippen molar-refractivity contribution in [1.29, 1.82) is 0 Å². The van der Waals surface area contributed by atoms with Crippen LogP contribution in [0.4, 0.5) is 5.69 Å². The van der Waals surface area contributed by atoms with Crippen molar-refractivity contribution in [3.63, 3.8) is 0 Å². The molecule has 39 heavy (non-hydrogen) atoms. The molecular formula is C29H26N2O7S. The second kappa shape index (κ2) is 12.1. The van der Waals surface area contributed by atoms with Gasteiger partial charge in [-0.25, -0.2) is 13.2 Å². The zero-order chi connectivity index (χ0) is 27.8. The number of rotatable bonds is 10. The third kappa shape index (κ3) is 7.14. The predicted molar refractivity (Wildman–Crippen MR) is 145 cm³/mol. The lowest BCUT2D eigenvalue weighted by molar-refractivity contribution is -0.142. The zero-order valence-electron chi connectivity index (χ0n) is 20.9. The van der Waals surface area contributed by atoms with Crippen LogP contribution >= 0.6 is 0 Å². The van der Waals surface area contributed by atoms with Gasteiger partial charge in [-0.05, 0) is 66.2 Å². The fourth-order valence-corrected chi connectivity index (χ4v) is 4.76. The summed E-state index contributed by atoms with van der Waals surface area (Å²) < 4.78 is 39.3. The molecule has 0 radical (unpaired) electrons. The monoisotopic (exact) mass is 546 g/mol. The lowest BCUT2D eigenvalue weighted by Crippen LogP contribution is -2.43. The van der Waals surface area contributed by atoms with Crippen LogP contribution in [0.1, 0.15) is 15.9 Å². The van der Waals surface area contributed by atoms with Crippen molar-refractivity contribution in [3.05, 3.63) is 114 Å². The highest BCUT2D eigenvalue weighted by molar-refractivity contribution is 7.92. The number of aromatic hydroxyl groups is 1. The molecule has 0 aromatic heterocycles. The molecule has 1 unspecified atom stereocenters. The third-order valence-corrected chi connectivity index (χ3v) is 7.08. The summed E-state index contributed by atoms with van der Waals surface area (Å²) in [6.45, 7) is 0. The molecule has 0 aliphatic heterocycles. The van der Waals surface area contributed by atoms with Crippen LogP contribution in [0, 0.1) is 0 Å². The van der Waals surface area contributed by atoms with Crippen molar-refractivity contribution in [2.45, 2.75) is 17.4 Å². The van der Waals surface area contributed by atoms with Crippen LogP contribution in [0.3, 0.4) is 0 Å². The van der Waals surface area contributed by atoms with Gasteiger partial charge in [0.25, 0.3) is 15.9 Å². The van der Waals surface area contributed by atoms with E-state index in [0.29, 0.717) is 17.1 Å². The number of para-hydroxylation sites is 3. The highest BCUT2D eigenvalue weighted by Gasteiger charge is 2.23. The minimum Gasteiger partial charge on any atom is -0.508 e. The molecule has 0 fully saturated rings. The molecule has 0 saturated carbocycles. The van der Waals surface area contributed by atoms with Gasteiger partial charge >= 0.3 is 5.97 Å². The molecule has 1 amide bonds. The number of carbonyl (C=O) groups is 2. The van der Waals surface area contributed by atoms with E-state index < -0.39 is 27.9 Å². The molecule has 0 heterocycles. The summed E-state index contributed by atoms with van der Waals surface area (Å²) in [7, 11) is -2.80. The van der Waals surface area contributed by atoms with Crippen LogP contribution in [0.5, 0.6) is 17.2 Å². The fraction of sp³-hybridized carbons (Fsp3) is 0.103. The van der Waals surface area contributed by atoms with E-state index in [1.165, 1.54) is 43.5 Å². The highest BCUT2D eigenvalue weighted by Crippen LogP contribution is 2.31. The number of benzene rings is 4. The van der Waals surface area contributed by atoms with Gasteiger partial charge in [0.2, 0.25) is 0 Å². The number of amides is 1. The molecule has 200 valence electrons. The van der Waals surface area contributed by atoms with E-state index in [9.17, 15) is 23.1 Å². The number of hydrogen-bond acceptors (Lipinski definition) is 7. The summed E-state index contributed by atoms with van der Waals surface area (Å²) in [4.78, 5) is 25.1. The van der Waals surface area contributed by atoms with Gasteiger partial charge in [-0.3, -0.25) is 9.52 Å². The number of phenols is 1. The van der Waals surface area contributed by atoms with Gasteiger partial charge in [0.1, 0.15) is 17.5 Å². The van der Waals surface area contributed by atoms with Crippen molar-refractivity contribution in [3.8, 4) is 17.2 Å². The molecule has 0 spiro atoms. The topological polar surface area (TPSA) is 131 Å². The first-order valence-corrected chi connectivity index (χ1v) is 13.3. The third-order valence-electron chi connectivity index (χ3n) is 5.70. The lowest BCUT2D eigenvalue weighted by atomic mass is 10.1. The first-order chi connectivity index (χ1) is 18.7. The standard InChI is InChI=1S/C29H26N2O7S/c1-37-29(34)26(19-20-11-15-22(32)16-12-20)30-28(33)21-13-17-24(18-14-21)39(35,36)31-25-9-5-6-10-27(25)38-23-7-3-2-4-8-23/h2-18,26,31-32H,19H2,1H3,(H,30,33). The average molecular weight is 547 g/mol. The Balaban J connectivity index is 1.46. The van der Waals surface area contributed by atoms with Crippen molar-refractivity contribution >= 4 is 27.6 Å². The number of methoxy groups -OCH3 is 1. The quantitative estimate of drug-likeness (QED) is 0.250. The number of anilines is 1. The molecule has 9 nitrogen and oxygen atoms in total. The average Bonchev–Trinajstić information content (AvgIpc) is 2.95. The number of phenolic OH excluding ortho intramolecular Hbond substituents is 1. The maximum atomic E-state index is 13.1. The second-order valence-corrected chi connectivity index (χ2v) is 10.1. The van der Waals surface area contributed by atoms with Gasteiger partial charge in [0.15, 0.2) is 5.75 Å². The van der Waals surface area contributed by atoms with E-state index in [2.05, 4.69) is 10.0 Å². The number of nitrogens with one attached hydrogen (secondary N) is 2. The van der Waals surface area contributed by atoms with Crippen LogP contribution in [0.15, 0.2) is 108 Å². The van der Waals surface area contributed by atoms with E-state index >= 15 is 0 Å². The Labute approximate surface area is 226 Å². The smallest absolute Gasteiger partial charge is 0.328 e. The summed E-state index contributed by atoms with van der Waals surface area (Å²) in [5.41, 5.74) is 1.10. The van der Waals surface area contributed by atoms with Gasteiger partial charge in [0, 0.05) is 12.0 Å². The summed E-state index contributed by atoms with van der Waals surface area (Å²) in [5.74, 6) is -0.269. The van der Waals surface area contributed by atoms with Crippen LogP contribution < -0.4 is 14.8 Å². The maximum Gasteiger partial charge on any atom is 0.328 e. The van der Waals surface area contributed by atoms with Gasteiger partial charge < -0.3 is 19.9 Å². The Hall–Kier alpha value is -4.83. The van der Waals surface area contributed by atoms with Crippen LogP contribution in [0.2, 0.25) is 0 Å². The summed E-state index contributed by atoms with van der Waals surface area (Å²) in [6, 6.07) is 26.1. The SMILES string of the molecule is COC(=O)C(Cc1ccc(O)cc1)NC(=O)c1ccc(S(=O)(=O)Nc2ccccc2Oc2ccccc2)cc1. The summed E-state index contributed by atoms with van der Waals surface area (Å²) in [5, 5.41) is 12.1. The van der Waals surface area contributed by atoms with E-state index in [0.717, 1.165) is 0 Å². The molecular weight excluding hydrogens is 520 g/mol. The molecule has 4 rings (SSSR count). The van der Waals surface area contributed by atoms with Gasteiger partial charge in [-0.15, -0.1) is 0 Å². The normalized spacial score (nSPS) is 11.7.